The van der Waals surface area contributed by atoms with E-state index in [1.54, 1.807) is 6.07 Å². The van der Waals surface area contributed by atoms with Gasteiger partial charge in [0.05, 0.1) is 18.2 Å². The fraction of sp³-hybridized carbons (Fsp3) is 0.273. The lowest BCUT2D eigenvalue weighted by Gasteiger charge is -2.05. The van der Waals surface area contributed by atoms with E-state index in [1.807, 2.05) is 19.1 Å². The van der Waals surface area contributed by atoms with E-state index in [-0.39, 0.29) is 6.54 Å². The van der Waals surface area contributed by atoms with E-state index in [1.165, 1.54) is 6.08 Å². The third-order valence-electron chi connectivity index (χ3n) is 2.08. The molecule has 0 amide bonds. The maximum absolute atomic E-state index is 10.0. The molecule has 0 aromatic heterocycles. The number of benzene rings is 1. The molecule has 0 heterocycles. The molecule has 1 aromatic carbocycles. The molecule has 0 radical (unpaired) electrons. The normalized spacial score (nSPS) is 8.86. The zero-order valence-corrected chi connectivity index (χ0v) is 7.95. The van der Waals surface area contributed by atoms with Gasteiger partial charge < -0.3 is 0 Å². The molecule has 0 aliphatic heterocycles. The van der Waals surface area contributed by atoms with Crippen molar-refractivity contribution >= 4 is 6.08 Å². The van der Waals surface area contributed by atoms with Gasteiger partial charge in [-0.25, -0.2) is 9.79 Å². The van der Waals surface area contributed by atoms with Crippen molar-refractivity contribution in [3.8, 4) is 6.07 Å². The smallest absolute Gasteiger partial charge is 0.211 e. The van der Waals surface area contributed by atoms with Crippen LogP contribution in [0.5, 0.6) is 0 Å². The second-order valence-corrected chi connectivity index (χ2v) is 2.82. The average Bonchev–Trinajstić information content (AvgIpc) is 2.25. The molecule has 0 atom stereocenters. The fourth-order valence-electron chi connectivity index (χ4n) is 1.37. The van der Waals surface area contributed by atoms with E-state index in [2.05, 4.69) is 11.1 Å². The second-order valence-electron chi connectivity index (χ2n) is 2.82. The summed E-state index contributed by atoms with van der Waals surface area (Å²) >= 11 is 0. The van der Waals surface area contributed by atoms with Gasteiger partial charge in [-0.05, 0) is 23.6 Å². The van der Waals surface area contributed by atoms with Crippen LogP contribution in [0, 0.1) is 11.3 Å². The van der Waals surface area contributed by atoms with Gasteiger partial charge in [0, 0.05) is 0 Å². The Hall–Kier alpha value is -1.91. The van der Waals surface area contributed by atoms with Crippen LogP contribution in [0.15, 0.2) is 23.2 Å². The van der Waals surface area contributed by atoms with E-state index < -0.39 is 0 Å². The van der Waals surface area contributed by atoms with Crippen LogP contribution >= 0.6 is 0 Å². The van der Waals surface area contributed by atoms with E-state index >= 15 is 0 Å². The number of aliphatic imine (C=N–C) groups is 1. The van der Waals surface area contributed by atoms with Crippen molar-refractivity contribution in [3.63, 3.8) is 0 Å². The van der Waals surface area contributed by atoms with Gasteiger partial charge in [-0.2, -0.15) is 5.26 Å². The molecule has 14 heavy (non-hydrogen) atoms. The Morgan fingerprint density at radius 1 is 1.50 bits per heavy atom. The van der Waals surface area contributed by atoms with E-state index in [0.29, 0.717) is 5.56 Å². The van der Waals surface area contributed by atoms with Crippen molar-refractivity contribution in [3.05, 3.63) is 34.9 Å². The van der Waals surface area contributed by atoms with Crippen LogP contribution in [0.1, 0.15) is 23.6 Å². The third kappa shape index (κ3) is 2.07. The van der Waals surface area contributed by atoms with Gasteiger partial charge in [0.1, 0.15) is 0 Å². The minimum Gasteiger partial charge on any atom is -0.211 e. The molecule has 0 spiro atoms. The van der Waals surface area contributed by atoms with Crippen LogP contribution in [0.2, 0.25) is 0 Å². The van der Waals surface area contributed by atoms with E-state index in [4.69, 9.17) is 5.26 Å². The largest absolute Gasteiger partial charge is 0.235 e. The van der Waals surface area contributed by atoms with Gasteiger partial charge >= 0.3 is 0 Å². The molecule has 0 aliphatic rings. The summed E-state index contributed by atoms with van der Waals surface area (Å²) in [6.45, 7) is 2.25. The van der Waals surface area contributed by atoms with Gasteiger partial charge in [-0.3, -0.25) is 0 Å². The Labute approximate surface area is 82.7 Å². The van der Waals surface area contributed by atoms with Crippen LogP contribution < -0.4 is 0 Å². The van der Waals surface area contributed by atoms with Gasteiger partial charge in [-0.15, -0.1) is 0 Å². The Balaban J connectivity index is 3.20. The highest BCUT2D eigenvalue weighted by atomic mass is 16.1. The molecule has 1 aromatic rings. The first-order valence-corrected chi connectivity index (χ1v) is 4.38. The van der Waals surface area contributed by atoms with E-state index in [9.17, 15) is 4.79 Å². The quantitative estimate of drug-likeness (QED) is 0.535. The molecule has 0 N–H and O–H groups in total. The summed E-state index contributed by atoms with van der Waals surface area (Å²) in [5.74, 6) is 0. The summed E-state index contributed by atoms with van der Waals surface area (Å²) in [6, 6.07) is 7.60. The van der Waals surface area contributed by atoms with Gasteiger partial charge in [0.2, 0.25) is 6.08 Å². The maximum Gasteiger partial charge on any atom is 0.235 e. The Morgan fingerprint density at radius 2 is 2.29 bits per heavy atom. The summed E-state index contributed by atoms with van der Waals surface area (Å²) in [7, 11) is 0. The molecule has 70 valence electrons. The number of isocyanates is 1. The number of aryl methyl sites for hydroxylation is 1. The molecule has 3 nitrogen and oxygen atoms in total. The molecule has 1 rings (SSSR count). The highest BCUT2D eigenvalue weighted by molar-refractivity contribution is 5.44. The van der Waals surface area contributed by atoms with E-state index in [0.717, 1.165) is 17.5 Å². The molecular weight excluding hydrogens is 176 g/mol. The summed E-state index contributed by atoms with van der Waals surface area (Å²) in [4.78, 5) is 13.5. The van der Waals surface area contributed by atoms with Gasteiger partial charge in [0.15, 0.2) is 0 Å². The predicted octanol–water partition coefficient (Wildman–Crippen LogP) is 1.96. The van der Waals surface area contributed by atoms with Gasteiger partial charge in [-0.1, -0.05) is 19.1 Å². The summed E-state index contributed by atoms with van der Waals surface area (Å²) in [5, 5.41) is 8.85. The van der Waals surface area contributed by atoms with Crippen LogP contribution in [0.4, 0.5) is 0 Å². The second kappa shape index (κ2) is 4.96. The topological polar surface area (TPSA) is 53.2 Å². The van der Waals surface area contributed by atoms with Crippen molar-refractivity contribution < 1.29 is 4.79 Å². The maximum atomic E-state index is 10.0. The number of rotatable bonds is 3. The zero-order chi connectivity index (χ0) is 10.4. The molecule has 0 unspecified atom stereocenters. The van der Waals surface area contributed by atoms with Crippen molar-refractivity contribution in [2.24, 2.45) is 4.99 Å². The third-order valence-corrected chi connectivity index (χ3v) is 2.08. The number of hydrogen-bond donors (Lipinski definition) is 0. The molecule has 0 saturated carbocycles. The Morgan fingerprint density at radius 3 is 2.86 bits per heavy atom. The Kier molecular flexibility index (Phi) is 3.60. The van der Waals surface area contributed by atoms with Crippen molar-refractivity contribution in [2.75, 3.05) is 0 Å². The Bertz CT molecular complexity index is 412. The number of hydrogen-bond acceptors (Lipinski definition) is 3. The van der Waals surface area contributed by atoms with Crippen LogP contribution in [-0.4, -0.2) is 6.08 Å². The first-order valence-electron chi connectivity index (χ1n) is 4.38. The average molecular weight is 186 g/mol. The van der Waals surface area contributed by atoms with Crippen molar-refractivity contribution in [2.45, 2.75) is 19.9 Å². The van der Waals surface area contributed by atoms with Gasteiger partial charge in [0.25, 0.3) is 0 Å². The minimum absolute atomic E-state index is 0.246. The summed E-state index contributed by atoms with van der Waals surface area (Å²) in [6.07, 6.45) is 2.32. The first-order chi connectivity index (χ1) is 6.83. The SMILES string of the molecule is CCc1cccc(C#N)c1CN=C=O. The van der Waals surface area contributed by atoms with Crippen LogP contribution in [-0.2, 0) is 17.8 Å². The molecular formula is C11H10N2O. The summed E-state index contributed by atoms with van der Waals surface area (Å²) < 4.78 is 0. The molecule has 0 saturated heterocycles. The number of carbonyl (C=O) groups excluding carboxylic acids is 1. The highest BCUT2D eigenvalue weighted by Crippen LogP contribution is 2.15. The predicted molar refractivity (Wildman–Crippen MR) is 52.4 cm³/mol. The summed E-state index contributed by atoms with van der Waals surface area (Å²) in [5.41, 5.74) is 2.48. The number of nitriles is 1. The lowest BCUT2D eigenvalue weighted by Crippen LogP contribution is -1.95. The highest BCUT2D eigenvalue weighted by Gasteiger charge is 2.05. The van der Waals surface area contributed by atoms with Crippen molar-refractivity contribution in [1.82, 2.24) is 0 Å². The number of nitrogens with zero attached hydrogens (tertiary/aromatic N) is 2. The fourth-order valence-corrected chi connectivity index (χ4v) is 1.37. The minimum atomic E-state index is 0.246. The lowest BCUT2D eigenvalue weighted by molar-refractivity contribution is 0.562. The first kappa shape index (κ1) is 10.2. The molecule has 3 heteroatoms. The molecule has 0 aliphatic carbocycles. The van der Waals surface area contributed by atoms with Crippen LogP contribution in [0.3, 0.4) is 0 Å². The molecule has 0 fully saturated rings. The monoisotopic (exact) mass is 186 g/mol. The standard InChI is InChI=1S/C11H10N2O/c1-2-9-4-3-5-10(6-12)11(9)7-13-8-14/h3-5H,2,7H2,1H3. The molecule has 0 bridgehead atoms. The zero-order valence-electron chi connectivity index (χ0n) is 7.95. The van der Waals surface area contributed by atoms with Crippen LogP contribution in [0.25, 0.3) is 0 Å². The lowest BCUT2D eigenvalue weighted by atomic mass is 10.00. The van der Waals surface area contributed by atoms with Crippen molar-refractivity contribution in [1.29, 1.82) is 5.26 Å².